The first-order valence-corrected chi connectivity index (χ1v) is 7.82. The lowest BCUT2D eigenvalue weighted by molar-refractivity contribution is 0.370. The summed E-state index contributed by atoms with van der Waals surface area (Å²) in [6.45, 7) is 1.22. The predicted octanol–water partition coefficient (Wildman–Crippen LogP) is 0.857. The molecular weight excluding hydrogens is 281 g/mol. The van der Waals surface area contributed by atoms with Crippen molar-refractivity contribution in [2.45, 2.75) is 17.9 Å². The number of benzene rings is 1. The van der Waals surface area contributed by atoms with Crippen LogP contribution in [-0.2, 0) is 16.6 Å². The van der Waals surface area contributed by atoms with Crippen molar-refractivity contribution in [3.63, 3.8) is 0 Å². The van der Waals surface area contributed by atoms with Crippen LogP contribution in [0.4, 0.5) is 4.39 Å². The van der Waals surface area contributed by atoms with Gasteiger partial charge in [0.15, 0.2) is 0 Å². The summed E-state index contributed by atoms with van der Waals surface area (Å²) >= 11 is 0. The van der Waals surface area contributed by atoms with Crippen molar-refractivity contribution in [2.75, 3.05) is 34.2 Å². The molecule has 0 radical (unpaired) electrons. The van der Waals surface area contributed by atoms with E-state index in [1.165, 1.54) is 23.5 Å². The van der Waals surface area contributed by atoms with Crippen molar-refractivity contribution in [3.05, 3.63) is 29.6 Å². The SMILES string of the molecule is CN(C)CCCN(C)S(=O)(=O)c1cc(F)ccc1CN. The molecule has 0 amide bonds. The number of hydrogen-bond donors (Lipinski definition) is 1. The molecule has 1 rings (SSSR count). The average molecular weight is 303 g/mol. The Hall–Kier alpha value is -1.02. The van der Waals surface area contributed by atoms with Crippen LogP contribution in [0.3, 0.4) is 0 Å². The van der Waals surface area contributed by atoms with Gasteiger partial charge in [-0.05, 0) is 44.8 Å². The number of nitrogens with two attached hydrogens (primary N) is 1. The molecule has 0 aromatic heterocycles. The fraction of sp³-hybridized carbons (Fsp3) is 0.538. The first-order valence-electron chi connectivity index (χ1n) is 6.38. The average Bonchev–Trinajstić information content (AvgIpc) is 2.38. The molecule has 1 aromatic carbocycles. The van der Waals surface area contributed by atoms with E-state index in [1.807, 2.05) is 19.0 Å². The number of nitrogens with zero attached hydrogens (tertiary/aromatic N) is 2. The lowest BCUT2D eigenvalue weighted by Gasteiger charge is -2.20. The number of halogens is 1. The van der Waals surface area contributed by atoms with Crippen LogP contribution in [0.25, 0.3) is 0 Å². The van der Waals surface area contributed by atoms with Crippen LogP contribution in [0, 0.1) is 5.82 Å². The Morgan fingerprint density at radius 3 is 2.40 bits per heavy atom. The van der Waals surface area contributed by atoms with Crippen molar-refractivity contribution in [1.82, 2.24) is 9.21 Å². The highest BCUT2D eigenvalue weighted by atomic mass is 32.2. The molecule has 0 saturated carbocycles. The zero-order chi connectivity index (χ0) is 15.3. The second kappa shape index (κ2) is 7.12. The highest BCUT2D eigenvalue weighted by Crippen LogP contribution is 2.20. The van der Waals surface area contributed by atoms with Gasteiger partial charge in [-0.25, -0.2) is 17.1 Å². The van der Waals surface area contributed by atoms with E-state index in [2.05, 4.69) is 0 Å². The first kappa shape index (κ1) is 17.0. The smallest absolute Gasteiger partial charge is 0.243 e. The van der Waals surface area contributed by atoms with Crippen LogP contribution in [0.2, 0.25) is 0 Å². The standard InChI is InChI=1S/C13H22FN3O2S/c1-16(2)7-4-8-17(3)20(18,19)13-9-12(14)6-5-11(13)10-15/h5-6,9H,4,7-8,10,15H2,1-3H3. The summed E-state index contributed by atoms with van der Waals surface area (Å²) in [6, 6.07) is 3.66. The maximum absolute atomic E-state index is 13.3. The van der Waals surface area contributed by atoms with Crippen molar-refractivity contribution >= 4 is 10.0 Å². The molecule has 5 nitrogen and oxygen atoms in total. The van der Waals surface area contributed by atoms with Gasteiger partial charge in [0.1, 0.15) is 5.82 Å². The Morgan fingerprint density at radius 1 is 1.20 bits per heavy atom. The molecule has 0 saturated heterocycles. The van der Waals surface area contributed by atoms with E-state index < -0.39 is 15.8 Å². The van der Waals surface area contributed by atoms with Crippen molar-refractivity contribution in [3.8, 4) is 0 Å². The van der Waals surface area contributed by atoms with Crippen LogP contribution in [0.1, 0.15) is 12.0 Å². The van der Waals surface area contributed by atoms with E-state index in [0.717, 1.165) is 12.6 Å². The van der Waals surface area contributed by atoms with Gasteiger partial charge in [0, 0.05) is 20.1 Å². The fourth-order valence-electron chi connectivity index (χ4n) is 1.83. The van der Waals surface area contributed by atoms with E-state index >= 15 is 0 Å². The Kier molecular flexibility index (Phi) is 6.07. The van der Waals surface area contributed by atoms with Gasteiger partial charge in [0.05, 0.1) is 4.90 Å². The maximum Gasteiger partial charge on any atom is 0.243 e. The highest BCUT2D eigenvalue weighted by molar-refractivity contribution is 7.89. The van der Waals surface area contributed by atoms with Gasteiger partial charge in [0.25, 0.3) is 0 Å². The van der Waals surface area contributed by atoms with Crippen LogP contribution in [0.15, 0.2) is 23.1 Å². The molecule has 0 spiro atoms. The molecule has 2 N–H and O–H groups in total. The van der Waals surface area contributed by atoms with Crippen molar-refractivity contribution in [1.29, 1.82) is 0 Å². The molecule has 0 aliphatic carbocycles. The molecule has 0 aliphatic rings. The topological polar surface area (TPSA) is 66.6 Å². The summed E-state index contributed by atoms with van der Waals surface area (Å²) < 4.78 is 39.4. The number of hydrogen-bond acceptors (Lipinski definition) is 4. The van der Waals surface area contributed by atoms with Gasteiger partial charge in [-0.3, -0.25) is 0 Å². The normalized spacial score (nSPS) is 12.3. The Bertz CT molecular complexity index is 547. The molecule has 0 fully saturated rings. The summed E-state index contributed by atoms with van der Waals surface area (Å²) in [5.74, 6) is -0.581. The molecule has 0 atom stereocenters. The van der Waals surface area contributed by atoms with E-state index in [4.69, 9.17) is 5.73 Å². The minimum absolute atomic E-state index is 0.0487. The lowest BCUT2D eigenvalue weighted by Crippen LogP contribution is -2.30. The largest absolute Gasteiger partial charge is 0.326 e. The Morgan fingerprint density at radius 2 is 1.85 bits per heavy atom. The lowest BCUT2D eigenvalue weighted by atomic mass is 10.2. The van der Waals surface area contributed by atoms with Crippen LogP contribution < -0.4 is 5.73 Å². The van der Waals surface area contributed by atoms with Gasteiger partial charge >= 0.3 is 0 Å². The predicted molar refractivity (Wildman–Crippen MR) is 77.3 cm³/mol. The second-order valence-corrected chi connectivity index (χ2v) is 6.95. The molecule has 0 bridgehead atoms. The van der Waals surface area contributed by atoms with E-state index in [-0.39, 0.29) is 11.4 Å². The molecule has 0 unspecified atom stereocenters. The Labute approximate surface area is 120 Å². The van der Waals surface area contributed by atoms with E-state index in [0.29, 0.717) is 18.5 Å². The summed E-state index contributed by atoms with van der Waals surface area (Å²) in [6.07, 6.45) is 0.704. The number of sulfonamides is 1. The fourth-order valence-corrected chi connectivity index (χ4v) is 3.28. The monoisotopic (exact) mass is 303 g/mol. The van der Waals surface area contributed by atoms with Gasteiger partial charge in [-0.1, -0.05) is 6.07 Å². The molecular formula is C13H22FN3O2S. The summed E-state index contributed by atoms with van der Waals surface area (Å²) in [5, 5.41) is 0. The van der Waals surface area contributed by atoms with Crippen LogP contribution >= 0.6 is 0 Å². The maximum atomic E-state index is 13.3. The third kappa shape index (κ3) is 4.24. The molecule has 114 valence electrons. The number of rotatable bonds is 7. The van der Waals surface area contributed by atoms with E-state index in [1.54, 1.807) is 0 Å². The Balaban J connectivity index is 2.95. The van der Waals surface area contributed by atoms with Gasteiger partial charge in [0.2, 0.25) is 10.0 Å². The van der Waals surface area contributed by atoms with Crippen LogP contribution in [-0.4, -0.2) is 51.9 Å². The van der Waals surface area contributed by atoms with Crippen LogP contribution in [0.5, 0.6) is 0 Å². The molecule has 20 heavy (non-hydrogen) atoms. The van der Waals surface area contributed by atoms with Gasteiger partial charge in [-0.15, -0.1) is 0 Å². The van der Waals surface area contributed by atoms with Gasteiger partial charge in [-0.2, -0.15) is 0 Å². The highest BCUT2D eigenvalue weighted by Gasteiger charge is 2.23. The first-order chi connectivity index (χ1) is 9.28. The van der Waals surface area contributed by atoms with Crippen molar-refractivity contribution < 1.29 is 12.8 Å². The quantitative estimate of drug-likeness (QED) is 0.811. The zero-order valence-corrected chi connectivity index (χ0v) is 13.0. The third-order valence-corrected chi connectivity index (χ3v) is 4.95. The summed E-state index contributed by atoms with van der Waals surface area (Å²) in [4.78, 5) is 1.93. The minimum atomic E-state index is -3.71. The molecule has 1 aromatic rings. The molecule has 7 heteroatoms. The summed E-state index contributed by atoms with van der Waals surface area (Å²) in [7, 11) is 1.64. The third-order valence-electron chi connectivity index (χ3n) is 3.02. The summed E-state index contributed by atoms with van der Waals surface area (Å²) in [5.41, 5.74) is 5.95. The van der Waals surface area contributed by atoms with Crippen molar-refractivity contribution in [2.24, 2.45) is 5.73 Å². The van der Waals surface area contributed by atoms with Gasteiger partial charge < -0.3 is 10.6 Å². The molecule has 0 heterocycles. The second-order valence-electron chi connectivity index (χ2n) is 4.94. The minimum Gasteiger partial charge on any atom is -0.326 e. The van der Waals surface area contributed by atoms with E-state index in [9.17, 15) is 12.8 Å². The zero-order valence-electron chi connectivity index (χ0n) is 12.1. The molecule has 0 aliphatic heterocycles.